The van der Waals surface area contributed by atoms with E-state index in [9.17, 15) is 19.2 Å². The van der Waals surface area contributed by atoms with E-state index >= 15 is 0 Å². The average Bonchev–Trinajstić information content (AvgIpc) is 3.14. The number of carbonyl (C=O) groups excluding carboxylic acids is 2. The first kappa shape index (κ1) is 23.8. The van der Waals surface area contributed by atoms with E-state index in [0.717, 1.165) is 11.8 Å². The van der Waals surface area contributed by atoms with Crippen molar-refractivity contribution >= 4 is 58.2 Å². The molecule has 1 aliphatic rings. The van der Waals surface area contributed by atoms with Gasteiger partial charge in [-0.25, -0.2) is 4.39 Å². The minimum atomic E-state index is -0.702. The lowest BCUT2D eigenvalue weighted by molar-refractivity contribution is -0.117. The van der Waals surface area contributed by atoms with Gasteiger partial charge in [-0.2, -0.15) is 5.26 Å². The number of halogens is 3. The van der Waals surface area contributed by atoms with Gasteiger partial charge in [0, 0.05) is 21.4 Å². The predicted molar refractivity (Wildman–Crippen MR) is 133 cm³/mol. The predicted octanol–water partition coefficient (Wildman–Crippen LogP) is 6.20. The smallest absolute Gasteiger partial charge is 0.269 e. The summed E-state index contributed by atoms with van der Waals surface area (Å²) in [5.74, 6) is -1.44. The Kier molecular flexibility index (Phi) is 7.23. The van der Waals surface area contributed by atoms with Gasteiger partial charge in [0.25, 0.3) is 5.91 Å². The highest BCUT2D eigenvalue weighted by Crippen LogP contribution is 2.42. The molecule has 0 saturated carbocycles. The summed E-state index contributed by atoms with van der Waals surface area (Å²) in [6.45, 7) is 0. The van der Waals surface area contributed by atoms with E-state index in [-0.39, 0.29) is 22.9 Å². The Bertz CT molecular complexity index is 1320. The highest BCUT2D eigenvalue weighted by molar-refractivity contribution is 8.05. The number of carbonyl (C=O) groups is 2. The summed E-state index contributed by atoms with van der Waals surface area (Å²) < 4.78 is 13.2. The number of rotatable bonds is 5. The van der Waals surface area contributed by atoms with Gasteiger partial charge in [0.15, 0.2) is 0 Å². The zero-order chi connectivity index (χ0) is 24.2. The van der Waals surface area contributed by atoms with Gasteiger partial charge in [-0.05, 0) is 66.6 Å². The molecule has 1 saturated heterocycles. The molecule has 1 unspecified atom stereocenters. The number of hydrogen-bond donors (Lipinski definition) is 1. The van der Waals surface area contributed by atoms with Crippen molar-refractivity contribution in [1.29, 1.82) is 5.26 Å². The molecule has 1 N–H and O–H groups in total. The summed E-state index contributed by atoms with van der Waals surface area (Å²) >= 11 is 13.5. The molecule has 2 amide bonds. The third-order valence-electron chi connectivity index (χ3n) is 5.04. The standard InChI is InChI=1S/C25H16Cl2FN3O2S/c26-16-6-11-21(27)15(12-16)13-22-24(33)31(19-4-2-1-3-5-19)25(34-22)20(14-29)23(32)30-18-9-7-17(28)8-10-18/h1-12,22H,13H2,(H,30,32)/b25-20-. The first-order valence-electron chi connectivity index (χ1n) is 10.1. The minimum absolute atomic E-state index is 0.210. The monoisotopic (exact) mass is 511 g/mol. The van der Waals surface area contributed by atoms with Gasteiger partial charge in [0.1, 0.15) is 22.5 Å². The van der Waals surface area contributed by atoms with E-state index < -0.39 is 17.0 Å². The molecular formula is C25H16Cl2FN3O2S. The van der Waals surface area contributed by atoms with Crippen LogP contribution in [0.4, 0.5) is 15.8 Å². The van der Waals surface area contributed by atoms with Crippen LogP contribution < -0.4 is 10.2 Å². The van der Waals surface area contributed by atoms with Crippen molar-refractivity contribution < 1.29 is 14.0 Å². The molecule has 5 nitrogen and oxygen atoms in total. The summed E-state index contributed by atoms with van der Waals surface area (Å²) in [7, 11) is 0. The summed E-state index contributed by atoms with van der Waals surface area (Å²) in [4.78, 5) is 27.8. The van der Waals surface area contributed by atoms with Crippen LogP contribution in [0, 0.1) is 17.1 Å². The molecule has 0 bridgehead atoms. The molecule has 0 aromatic heterocycles. The lowest BCUT2D eigenvalue weighted by Crippen LogP contribution is -2.30. The SMILES string of the molecule is N#C/C(C(=O)Nc1ccc(F)cc1)=C1/SC(Cc2cc(Cl)ccc2Cl)C(=O)N1c1ccccc1. The van der Waals surface area contributed by atoms with Gasteiger partial charge < -0.3 is 5.32 Å². The Morgan fingerprint density at radius 1 is 1.09 bits per heavy atom. The molecule has 3 aromatic carbocycles. The van der Waals surface area contributed by atoms with Crippen LogP contribution in [-0.2, 0) is 16.0 Å². The third kappa shape index (κ3) is 5.10. The van der Waals surface area contributed by atoms with Gasteiger partial charge in [-0.1, -0.05) is 53.2 Å². The Morgan fingerprint density at radius 2 is 1.79 bits per heavy atom. The fourth-order valence-corrected chi connectivity index (χ4v) is 5.11. The van der Waals surface area contributed by atoms with Gasteiger partial charge in [-0.3, -0.25) is 14.5 Å². The molecule has 0 aliphatic carbocycles. The maximum absolute atomic E-state index is 13.5. The summed E-state index contributed by atoms with van der Waals surface area (Å²) in [5.41, 5.74) is 1.30. The lowest BCUT2D eigenvalue weighted by Gasteiger charge is -2.18. The number of nitrogens with zero attached hydrogens (tertiary/aromatic N) is 2. The van der Waals surface area contributed by atoms with Gasteiger partial charge >= 0.3 is 0 Å². The molecule has 1 heterocycles. The average molecular weight is 512 g/mol. The van der Waals surface area contributed by atoms with E-state index in [0.29, 0.717) is 27.0 Å². The molecule has 0 radical (unpaired) electrons. The maximum Gasteiger partial charge on any atom is 0.269 e. The van der Waals surface area contributed by atoms with E-state index in [1.807, 2.05) is 6.07 Å². The van der Waals surface area contributed by atoms with Gasteiger partial charge in [0.2, 0.25) is 5.91 Å². The van der Waals surface area contributed by atoms with Crippen LogP contribution in [0.5, 0.6) is 0 Å². The Morgan fingerprint density at radius 3 is 2.47 bits per heavy atom. The number of amides is 2. The van der Waals surface area contributed by atoms with Gasteiger partial charge in [0.05, 0.1) is 5.25 Å². The Hall–Kier alpha value is -3.31. The summed E-state index contributed by atoms with van der Waals surface area (Å²) in [6.07, 6.45) is 0.258. The first-order chi connectivity index (χ1) is 16.4. The van der Waals surface area contributed by atoms with Crippen molar-refractivity contribution in [2.75, 3.05) is 10.2 Å². The molecule has 0 spiro atoms. The van der Waals surface area contributed by atoms with Crippen LogP contribution in [0.15, 0.2) is 83.4 Å². The summed E-state index contributed by atoms with van der Waals surface area (Å²) in [6, 6.07) is 20.9. The minimum Gasteiger partial charge on any atom is -0.321 e. The lowest BCUT2D eigenvalue weighted by atomic mass is 10.1. The van der Waals surface area contributed by atoms with Crippen LogP contribution >= 0.6 is 35.0 Å². The third-order valence-corrected chi connectivity index (χ3v) is 6.90. The normalized spacial score (nSPS) is 16.8. The number of hydrogen-bond acceptors (Lipinski definition) is 4. The molecule has 3 aromatic rings. The van der Waals surface area contributed by atoms with E-state index in [1.165, 1.54) is 29.2 Å². The number of para-hydroxylation sites is 1. The Labute approximate surface area is 209 Å². The van der Waals surface area contributed by atoms with Crippen molar-refractivity contribution in [2.24, 2.45) is 0 Å². The zero-order valence-corrected chi connectivity index (χ0v) is 19.8. The number of anilines is 2. The fraction of sp³-hybridized carbons (Fsp3) is 0.0800. The van der Waals surface area contributed by atoms with Crippen molar-refractivity contribution in [1.82, 2.24) is 0 Å². The van der Waals surface area contributed by atoms with Crippen LogP contribution in [-0.4, -0.2) is 17.1 Å². The zero-order valence-electron chi connectivity index (χ0n) is 17.5. The van der Waals surface area contributed by atoms with Crippen molar-refractivity contribution in [3.8, 4) is 6.07 Å². The number of benzene rings is 3. The molecule has 1 atom stereocenters. The highest BCUT2D eigenvalue weighted by Gasteiger charge is 2.41. The van der Waals surface area contributed by atoms with Crippen LogP contribution in [0.1, 0.15) is 5.56 Å². The molecule has 170 valence electrons. The van der Waals surface area contributed by atoms with Crippen molar-refractivity contribution in [3.63, 3.8) is 0 Å². The van der Waals surface area contributed by atoms with Crippen LogP contribution in [0.25, 0.3) is 0 Å². The quantitative estimate of drug-likeness (QED) is 0.327. The highest BCUT2D eigenvalue weighted by atomic mass is 35.5. The van der Waals surface area contributed by atoms with Crippen molar-refractivity contribution in [3.05, 3.63) is 105 Å². The molecule has 4 rings (SSSR count). The molecule has 34 heavy (non-hydrogen) atoms. The molecule has 9 heteroatoms. The summed E-state index contributed by atoms with van der Waals surface area (Å²) in [5, 5.41) is 13.0. The van der Waals surface area contributed by atoms with E-state index in [2.05, 4.69) is 5.32 Å². The Balaban J connectivity index is 1.72. The fourth-order valence-electron chi connectivity index (χ4n) is 3.43. The van der Waals surface area contributed by atoms with E-state index in [1.54, 1.807) is 48.5 Å². The topological polar surface area (TPSA) is 73.2 Å². The number of nitriles is 1. The van der Waals surface area contributed by atoms with E-state index in [4.69, 9.17) is 23.2 Å². The maximum atomic E-state index is 13.5. The largest absolute Gasteiger partial charge is 0.321 e. The number of thioether (sulfide) groups is 1. The van der Waals surface area contributed by atoms with Crippen LogP contribution in [0.3, 0.4) is 0 Å². The second kappa shape index (κ2) is 10.3. The first-order valence-corrected chi connectivity index (χ1v) is 11.7. The van der Waals surface area contributed by atoms with Gasteiger partial charge in [-0.15, -0.1) is 0 Å². The van der Waals surface area contributed by atoms with Crippen LogP contribution in [0.2, 0.25) is 10.0 Å². The second-order valence-electron chi connectivity index (χ2n) is 7.31. The number of nitrogens with one attached hydrogen (secondary N) is 1. The second-order valence-corrected chi connectivity index (χ2v) is 9.34. The molecule has 1 aliphatic heterocycles. The van der Waals surface area contributed by atoms with Crippen molar-refractivity contribution in [2.45, 2.75) is 11.7 Å². The molecule has 1 fully saturated rings. The molecular weight excluding hydrogens is 496 g/mol.